The van der Waals surface area contributed by atoms with Gasteiger partial charge in [-0.2, -0.15) is 0 Å². The maximum Gasteiger partial charge on any atom is 0.277 e. The predicted molar refractivity (Wildman–Crippen MR) is 104 cm³/mol. The number of amides is 1. The number of anilines is 3. The lowest BCUT2D eigenvalue weighted by atomic mass is 10.1. The predicted octanol–water partition coefficient (Wildman–Crippen LogP) is 4.06. The largest absolute Gasteiger partial charge is 0.399 e. The minimum absolute atomic E-state index is 0.179. The highest BCUT2D eigenvalue weighted by Crippen LogP contribution is 2.30. The molecule has 3 aromatic rings. The van der Waals surface area contributed by atoms with Gasteiger partial charge in [-0.1, -0.05) is 18.2 Å². The summed E-state index contributed by atoms with van der Waals surface area (Å²) in [7, 11) is 0. The number of nitro benzene ring substituents is 2. The molecule has 0 aromatic heterocycles. The summed E-state index contributed by atoms with van der Waals surface area (Å²) in [5.41, 5.74) is 5.89. The quantitative estimate of drug-likeness (QED) is 0.404. The molecule has 0 atom stereocenters. The zero-order valence-corrected chi connectivity index (χ0v) is 14.4. The van der Waals surface area contributed by atoms with Gasteiger partial charge in [-0.3, -0.25) is 29.9 Å². The van der Waals surface area contributed by atoms with Crippen molar-refractivity contribution in [3.8, 4) is 0 Å². The molecule has 0 aliphatic heterocycles. The van der Waals surface area contributed by atoms with Crippen molar-refractivity contribution in [2.45, 2.75) is 0 Å². The van der Waals surface area contributed by atoms with Gasteiger partial charge in [0.1, 0.15) is 0 Å². The molecule has 0 saturated heterocycles. The minimum Gasteiger partial charge on any atom is -0.399 e. The molecule has 3 aromatic carbocycles. The lowest BCUT2D eigenvalue weighted by molar-refractivity contribution is -0.394. The molecule has 0 heterocycles. The van der Waals surface area contributed by atoms with Gasteiger partial charge in [0.05, 0.1) is 21.5 Å². The molecule has 0 aliphatic carbocycles. The van der Waals surface area contributed by atoms with E-state index in [1.807, 2.05) is 0 Å². The third-order valence-electron chi connectivity index (χ3n) is 3.94. The van der Waals surface area contributed by atoms with Crippen LogP contribution in [0, 0.1) is 20.2 Å². The molecule has 9 nitrogen and oxygen atoms in total. The van der Waals surface area contributed by atoms with Gasteiger partial charge in [0.25, 0.3) is 17.3 Å². The molecule has 0 saturated carbocycles. The van der Waals surface area contributed by atoms with E-state index in [1.54, 1.807) is 54.6 Å². The molecule has 0 aliphatic rings. The van der Waals surface area contributed by atoms with Crippen LogP contribution >= 0.6 is 0 Å². The fourth-order valence-electron chi connectivity index (χ4n) is 2.64. The number of nitrogens with zero attached hydrogens (tertiary/aromatic N) is 3. The second kappa shape index (κ2) is 7.54. The van der Waals surface area contributed by atoms with E-state index in [9.17, 15) is 25.0 Å². The molecule has 1 amide bonds. The number of nitrogen functional groups attached to an aromatic ring is 1. The molecular weight excluding hydrogens is 364 g/mol. The number of rotatable bonds is 5. The van der Waals surface area contributed by atoms with Crippen molar-refractivity contribution < 1.29 is 14.6 Å². The highest BCUT2D eigenvalue weighted by molar-refractivity contribution is 6.11. The lowest BCUT2D eigenvalue weighted by Gasteiger charge is -2.23. The summed E-state index contributed by atoms with van der Waals surface area (Å²) in [6, 6.07) is 17.9. The van der Waals surface area contributed by atoms with Gasteiger partial charge >= 0.3 is 0 Å². The van der Waals surface area contributed by atoms with E-state index in [2.05, 4.69) is 0 Å². The maximum absolute atomic E-state index is 13.2. The molecule has 0 bridgehead atoms. The van der Waals surface area contributed by atoms with E-state index in [1.165, 1.54) is 4.90 Å². The third kappa shape index (κ3) is 3.78. The molecule has 0 spiro atoms. The molecule has 28 heavy (non-hydrogen) atoms. The summed E-state index contributed by atoms with van der Waals surface area (Å²) in [6.45, 7) is 0. The summed E-state index contributed by atoms with van der Waals surface area (Å²) < 4.78 is 0. The minimum atomic E-state index is -0.778. The van der Waals surface area contributed by atoms with Crippen LogP contribution in [-0.2, 0) is 0 Å². The topological polar surface area (TPSA) is 133 Å². The van der Waals surface area contributed by atoms with Gasteiger partial charge < -0.3 is 5.73 Å². The molecule has 140 valence electrons. The summed E-state index contributed by atoms with van der Waals surface area (Å²) >= 11 is 0. The van der Waals surface area contributed by atoms with Crippen molar-refractivity contribution in [1.82, 2.24) is 0 Å². The van der Waals surface area contributed by atoms with Crippen molar-refractivity contribution in [3.63, 3.8) is 0 Å². The van der Waals surface area contributed by atoms with E-state index >= 15 is 0 Å². The third-order valence-corrected chi connectivity index (χ3v) is 3.94. The first-order valence-corrected chi connectivity index (χ1v) is 8.06. The number of nitro groups is 2. The van der Waals surface area contributed by atoms with Gasteiger partial charge in [-0.15, -0.1) is 0 Å². The van der Waals surface area contributed by atoms with Crippen molar-refractivity contribution in [3.05, 3.63) is 98.6 Å². The second-order valence-corrected chi connectivity index (χ2v) is 5.82. The van der Waals surface area contributed by atoms with Gasteiger partial charge in [0, 0.05) is 29.2 Å². The van der Waals surface area contributed by atoms with E-state index in [4.69, 9.17) is 5.73 Å². The molecule has 9 heteroatoms. The molecule has 2 N–H and O–H groups in total. The maximum atomic E-state index is 13.2. The molecule has 0 radical (unpaired) electrons. The van der Waals surface area contributed by atoms with E-state index in [0.717, 1.165) is 18.2 Å². The van der Waals surface area contributed by atoms with Gasteiger partial charge in [-0.25, -0.2) is 0 Å². The van der Waals surface area contributed by atoms with Gasteiger partial charge in [0.2, 0.25) is 0 Å². The normalized spacial score (nSPS) is 10.3. The Hall–Kier alpha value is -4.27. The number of para-hydroxylation sites is 1. The van der Waals surface area contributed by atoms with Crippen LogP contribution in [0.15, 0.2) is 72.8 Å². The van der Waals surface area contributed by atoms with Crippen LogP contribution in [0.1, 0.15) is 10.4 Å². The van der Waals surface area contributed by atoms with Crippen molar-refractivity contribution in [1.29, 1.82) is 0 Å². The zero-order valence-electron chi connectivity index (χ0n) is 14.4. The summed E-state index contributed by atoms with van der Waals surface area (Å²) in [5.74, 6) is -0.650. The zero-order chi connectivity index (χ0) is 20.3. The Kier molecular flexibility index (Phi) is 4.99. The van der Waals surface area contributed by atoms with Crippen LogP contribution in [0.4, 0.5) is 28.4 Å². The van der Waals surface area contributed by atoms with Gasteiger partial charge in [0.15, 0.2) is 0 Å². The number of non-ortho nitro benzene ring substituents is 2. The number of carbonyl (C=O) groups is 1. The summed E-state index contributed by atoms with van der Waals surface area (Å²) in [5, 5.41) is 22.3. The first-order valence-electron chi connectivity index (χ1n) is 8.06. The van der Waals surface area contributed by atoms with Crippen LogP contribution in [0.3, 0.4) is 0 Å². The molecule has 0 unspecified atom stereocenters. The van der Waals surface area contributed by atoms with Crippen molar-refractivity contribution in [2.24, 2.45) is 0 Å². The molecule has 3 rings (SSSR count). The number of hydrogen-bond donors (Lipinski definition) is 1. The Balaban J connectivity index is 2.16. The first-order chi connectivity index (χ1) is 13.4. The van der Waals surface area contributed by atoms with Gasteiger partial charge in [-0.05, 0) is 36.4 Å². The average Bonchev–Trinajstić information content (AvgIpc) is 2.70. The smallest absolute Gasteiger partial charge is 0.277 e. The van der Waals surface area contributed by atoms with Crippen LogP contribution < -0.4 is 10.6 Å². The highest BCUT2D eigenvalue weighted by atomic mass is 16.6. The standard InChI is InChI=1S/C19H14N4O5/c20-14-6-8-16(9-7-14)21(15-4-2-1-3-5-15)19(24)13-10-17(22(25)26)12-18(11-13)23(27)28/h1-12H,20H2. The Morgan fingerprint density at radius 3 is 1.79 bits per heavy atom. The highest BCUT2D eigenvalue weighted by Gasteiger charge is 2.25. The number of benzene rings is 3. The Bertz CT molecular complexity index is 1020. The first kappa shape index (κ1) is 18.5. The van der Waals surface area contributed by atoms with Crippen LogP contribution in [0.25, 0.3) is 0 Å². The number of carbonyl (C=O) groups excluding carboxylic acids is 1. The summed E-state index contributed by atoms with van der Waals surface area (Å²) in [4.78, 5) is 35.3. The Labute approximate surface area is 158 Å². The number of nitrogens with two attached hydrogens (primary N) is 1. The van der Waals surface area contributed by atoms with E-state index < -0.39 is 27.1 Å². The monoisotopic (exact) mass is 378 g/mol. The van der Waals surface area contributed by atoms with Crippen LogP contribution in [0.2, 0.25) is 0 Å². The van der Waals surface area contributed by atoms with Crippen LogP contribution in [-0.4, -0.2) is 15.8 Å². The molecular formula is C19H14N4O5. The van der Waals surface area contributed by atoms with Crippen LogP contribution in [0.5, 0.6) is 0 Å². The fourth-order valence-corrected chi connectivity index (χ4v) is 2.64. The lowest BCUT2D eigenvalue weighted by Crippen LogP contribution is -2.26. The Morgan fingerprint density at radius 2 is 1.29 bits per heavy atom. The van der Waals surface area contributed by atoms with Crippen molar-refractivity contribution >= 4 is 34.3 Å². The van der Waals surface area contributed by atoms with E-state index in [0.29, 0.717) is 17.1 Å². The number of hydrogen-bond acceptors (Lipinski definition) is 6. The Morgan fingerprint density at radius 1 is 0.786 bits per heavy atom. The summed E-state index contributed by atoms with van der Waals surface area (Å²) in [6.07, 6.45) is 0. The van der Waals surface area contributed by atoms with E-state index in [-0.39, 0.29) is 5.56 Å². The van der Waals surface area contributed by atoms with Crippen molar-refractivity contribution in [2.75, 3.05) is 10.6 Å². The fraction of sp³-hybridized carbons (Fsp3) is 0. The molecule has 0 fully saturated rings. The SMILES string of the molecule is Nc1ccc(N(C(=O)c2cc([N+](=O)[O-])cc([N+](=O)[O-])c2)c2ccccc2)cc1. The second-order valence-electron chi connectivity index (χ2n) is 5.82. The average molecular weight is 378 g/mol.